The Hall–Kier alpha value is -2.67. The standard InChI is InChI=1S/C17H16N4O2S/c1-24-13-6-4-5-12(11-13)18-16(22)9-10-21-17(23)14-7-2-3-8-15(14)19-20-21/h2-8,11H,9-10H2,1H3,(H,18,22). The minimum atomic E-state index is -0.238. The molecule has 0 aliphatic carbocycles. The van der Waals surface area contributed by atoms with E-state index in [1.54, 1.807) is 36.0 Å². The maximum Gasteiger partial charge on any atom is 0.277 e. The summed E-state index contributed by atoms with van der Waals surface area (Å²) in [5.74, 6) is -0.171. The van der Waals surface area contributed by atoms with E-state index in [4.69, 9.17) is 0 Å². The first-order valence-electron chi connectivity index (χ1n) is 7.44. The van der Waals surface area contributed by atoms with Gasteiger partial charge < -0.3 is 5.32 Å². The van der Waals surface area contributed by atoms with Crippen LogP contribution in [0.25, 0.3) is 10.9 Å². The number of nitrogens with zero attached hydrogens (tertiary/aromatic N) is 3. The van der Waals surface area contributed by atoms with Crippen molar-refractivity contribution in [1.82, 2.24) is 15.0 Å². The number of nitrogens with one attached hydrogen (secondary N) is 1. The molecule has 1 amide bonds. The second-order valence-corrected chi connectivity index (χ2v) is 6.04. The van der Waals surface area contributed by atoms with Crippen molar-refractivity contribution in [3.63, 3.8) is 0 Å². The third-order valence-electron chi connectivity index (χ3n) is 3.53. The monoisotopic (exact) mass is 340 g/mol. The van der Waals surface area contributed by atoms with Crippen LogP contribution < -0.4 is 10.9 Å². The topological polar surface area (TPSA) is 76.9 Å². The molecule has 0 bridgehead atoms. The Morgan fingerprint density at radius 2 is 2.04 bits per heavy atom. The largest absolute Gasteiger partial charge is 0.326 e. The quantitative estimate of drug-likeness (QED) is 0.722. The van der Waals surface area contributed by atoms with Crippen molar-refractivity contribution >= 4 is 34.3 Å². The Labute approximate surface area is 142 Å². The van der Waals surface area contributed by atoms with E-state index < -0.39 is 0 Å². The molecule has 0 fully saturated rings. The number of amides is 1. The van der Waals surface area contributed by atoms with E-state index in [0.29, 0.717) is 10.9 Å². The summed E-state index contributed by atoms with van der Waals surface area (Å²) in [7, 11) is 0. The summed E-state index contributed by atoms with van der Waals surface area (Å²) in [5, 5.41) is 11.2. The Balaban J connectivity index is 1.68. The number of rotatable bonds is 5. The van der Waals surface area contributed by atoms with E-state index in [2.05, 4.69) is 15.6 Å². The highest BCUT2D eigenvalue weighted by Crippen LogP contribution is 2.19. The van der Waals surface area contributed by atoms with Crippen LogP contribution in [0, 0.1) is 0 Å². The highest BCUT2D eigenvalue weighted by atomic mass is 32.2. The zero-order valence-corrected chi connectivity index (χ0v) is 13.9. The van der Waals surface area contributed by atoms with Crippen LogP contribution in [0.1, 0.15) is 6.42 Å². The van der Waals surface area contributed by atoms with E-state index >= 15 is 0 Å². The number of anilines is 1. The van der Waals surface area contributed by atoms with Gasteiger partial charge in [-0.3, -0.25) is 9.59 Å². The second-order valence-electron chi connectivity index (χ2n) is 5.17. The molecule has 0 unspecified atom stereocenters. The van der Waals surface area contributed by atoms with E-state index in [9.17, 15) is 9.59 Å². The lowest BCUT2D eigenvalue weighted by atomic mass is 10.2. The number of benzene rings is 2. The van der Waals surface area contributed by atoms with Crippen LogP contribution in [0.3, 0.4) is 0 Å². The Morgan fingerprint density at radius 1 is 1.21 bits per heavy atom. The summed E-state index contributed by atoms with van der Waals surface area (Å²) in [6, 6.07) is 14.6. The average molecular weight is 340 g/mol. The fourth-order valence-corrected chi connectivity index (χ4v) is 2.76. The van der Waals surface area contributed by atoms with Crippen LogP contribution in [-0.2, 0) is 11.3 Å². The summed E-state index contributed by atoms with van der Waals surface area (Å²) >= 11 is 1.61. The van der Waals surface area contributed by atoms with Gasteiger partial charge in [0, 0.05) is 17.0 Å². The molecule has 0 aliphatic heterocycles. The molecule has 0 aliphatic rings. The van der Waals surface area contributed by atoms with Gasteiger partial charge in [-0.15, -0.1) is 16.9 Å². The minimum absolute atomic E-state index is 0.149. The summed E-state index contributed by atoms with van der Waals surface area (Å²) in [5.41, 5.74) is 1.05. The Kier molecular flexibility index (Phi) is 4.90. The van der Waals surface area contributed by atoms with Crippen molar-refractivity contribution in [1.29, 1.82) is 0 Å². The van der Waals surface area contributed by atoms with Gasteiger partial charge >= 0.3 is 0 Å². The first-order valence-corrected chi connectivity index (χ1v) is 8.66. The highest BCUT2D eigenvalue weighted by molar-refractivity contribution is 7.98. The molecule has 0 atom stereocenters. The number of hydrogen-bond donors (Lipinski definition) is 1. The van der Waals surface area contributed by atoms with Crippen LogP contribution >= 0.6 is 11.8 Å². The number of aryl methyl sites for hydroxylation is 1. The molecule has 0 saturated carbocycles. The fourth-order valence-electron chi connectivity index (χ4n) is 2.30. The Bertz CT molecular complexity index is 939. The van der Waals surface area contributed by atoms with Gasteiger partial charge in [0.25, 0.3) is 5.56 Å². The van der Waals surface area contributed by atoms with Gasteiger partial charge in [-0.05, 0) is 36.6 Å². The first-order chi connectivity index (χ1) is 11.7. The Morgan fingerprint density at radius 3 is 2.88 bits per heavy atom. The number of carbonyl (C=O) groups is 1. The van der Waals surface area contributed by atoms with Gasteiger partial charge in [0.1, 0.15) is 5.52 Å². The lowest BCUT2D eigenvalue weighted by molar-refractivity contribution is -0.116. The van der Waals surface area contributed by atoms with Crippen LogP contribution in [0.4, 0.5) is 5.69 Å². The molecule has 2 aromatic carbocycles. The molecule has 6 nitrogen and oxygen atoms in total. The van der Waals surface area contributed by atoms with Crippen molar-refractivity contribution in [3.8, 4) is 0 Å². The molecular formula is C17H16N4O2S. The van der Waals surface area contributed by atoms with Crippen molar-refractivity contribution < 1.29 is 4.79 Å². The van der Waals surface area contributed by atoms with Crippen LogP contribution in [0.2, 0.25) is 0 Å². The number of hydrogen-bond acceptors (Lipinski definition) is 5. The zero-order chi connectivity index (χ0) is 16.9. The molecule has 0 radical (unpaired) electrons. The predicted molar refractivity (Wildman–Crippen MR) is 95.3 cm³/mol. The van der Waals surface area contributed by atoms with Crippen molar-refractivity contribution in [2.24, 2.45) is 0 Å². The third kappa shape index (κ3) is 3.62. The van der Waals surface area contributed by atoms with E-state index in [0.717, 1.165) is 10.6 Å². The smallest absolute Gasteiger partial charge is 0.277 e. The fraction of sp³-hybridized carbons (Fsp3) is 0.176. The maximum atomic E-state index is 12.3. The second kappa shape index (κ2) is 7.27. The molecule has 3 rings (SSSR count). The molecule has 24 heavy (non-hydrogen) atoms. The van der Waals surface area contributed by atoms with Gasteiger partial charge in [-0.25, -0.2) is 4.68 Å². The van der Waals surface area contributed by atoms with E-state index in [1.807, 2.05) is 30.5 Å². The van der Waals surface area contributed by atoms with Gasteiger partial charge in [-0.2, -0.15) is 0 Å². The zero-order valence-electron chi connectivity index (χ0n) is 13.1. The molecule has 3 aromatic rings. The summed E-state index contributed by atoms with van der Waals surface area (Å²) in [4.78, 5) is 25.5. The van der Waals surface area contributed by atoms with Gasteiger partial charge in [0.2, 0.25) is 5.91 Å². The third-order valence-corrected chi connectivity index (χ3v) is 4.26. The average Bonchev–Trinajstić information content (AvgIpc) is 2.61. The summed E-state index contributed by atoms with van der Waals surface area (Å²) < 4.78 is 1.22. The van der Waals surface area contributed by atoms with Crippen LogP contribution in [-0.4, -0.2) is 27.2 Å². The number of aromatic nitrogens is 3. The number of thioether (sulfide) groups is 1. The van der Waals surface area contributed by atoms with Gasteiger partial charge in [-0.1, -0.05) is 23.4 Å². The minimum Gasteiger partial charge on any atom is -0.326 e. The predicted octanol–water partition coefficient (Wildman–Crippen LogP) is 2.54. The molecule has 0 spiro atoms. The molecule has 0 saturated heterocycles. The summed E-state index contributed by atoms with van der Waals surface area (Å²) in [6.07, 6.45) is 2.13. The molecular weight excluding hydrogens is 324 g/mol. The van der Waals surface area contributed by atoms with Gasteiger partial charge in [0.15, 0.2) is 0 Å². The molecule has 1 heterocycles. The normalized spacial score (nSPS) is 10.7. The number of fused-ring (bicyclic) bond motifs is 1. The molecule has 122 valence electrons. The van der Waals surface area contributed by atoms with E-state index in [-0.39, 0.29) is 24.4 Å². The first kappa shape index (κ1) is 16.2. The lowest BCUT2D eigenvalue weighted by Crippen LogP contribution is -2.26. The van der Waals surface area contributed by atoms with E-state index in [1.165, 1.54) is 4.68 Å². The lowest BCUT2D eigenvalue weighted by Gasteiger charge is -2.07. The molecule has 1 aromatic heterocycles. The molecule has 7 heteroatoms. The van der Waals surface area contributed by atoms with Crippen LogP contribution in [0.5, 0.6) is 0 Å². The van der Waals surface area contributed by atoms with Crippen molar-refractivity contribution in [2.45, 2.75) is 17.9 Å². The maximum absolute atomic E-state index is 12.3. The molecule has 1 N–H and O–H groups in total. The summed E-state index contributed by atoms with van der Waals surface area (Å²) in [6.45, 7) is 0.185. The number of carbonyl (C=O) groups excluding carboxylic acids is 1. The van der Waals surface area contributed by atoms with Crippen LogP contribution in [0.15, 0.2) is 58.2 Å². The SMILES string of the molecule is CSc1cccc(NC(=O)CCn2nnc3ccccc3c2=O)c1. The van der Waals surface area contributed by atoms with Gasteiger partial charge in [0.05, 0.1) is 11.9 Å². The van der Waals surface area contributed by atoms with Crippen molar-refractivity contribution in [2.75, 3.05) is 11.6 Å². The highest BCUT2D eigenvalue weighted by Gasteiger charge is 2.08. The van der Waals surface area contributed by atoms with Crippen molar-refractivity contribution in [3.05, 3.63) is 58.9 Å².